The Morgan fingerprint density at radius 2 is 2.00 bits per heavy atom. The number of nitrogens with one attached hydrogen (secondary N) is 1. The molecule has 21 heavy (non-hydrogen) atoms. The number of rotatable bonds is 6. The molecule has 0 fully saturated rings. The highest BCUT2D eigenvalue weighted by molar-refractivity contribution is 5.94. The van der Waals surface area contributed by atoms with E-state index in [-0.39, 0.29) is 29.7 Å². The summed E-state index contributed by atoms with van der Waals surface area (Å²) >= 11 is 0. The van der Waals surface area contributed by atoms with Gasteiger partial charge in [0, 0.05) is 12.1 Å². The van der Waals surface area contributed by atoms with Crippen LogP contribution in [0.5, 0.6) is 0 Å². The lowest BCUT2D eigenvalue weighted by atomic mass is 10.1. The first-order valence-corrected chi connectivity index (χ1v) is 7.33. The van der Waals surface area contributed by atoms with Gasteiger partial charge in [-0.25, -0.2) is 0 Å². The van der Waals surface area contributed by atoms with E-state index in [0.717, 1.165) is 6.42 Å². The van der Waals surface area contributed by atoms with Crippen molar-refractivity contribution in [2.24, 2.45) is 5.92 Å². The molecule has 0 aliphatic rings. The molecule has 0 spiro atoms. The summed E-state index contributed by atoms with van der Waals surface area (Å²) in [7, 11) is 0. The highest BCUT2D eigenvalue weighted by Gasteiger charge is 2.23. The summed E-state index contributed by atoms with van der Waals surface area (Å²) in [4.78, 5) is 26.0. The highest BCUT2D eigenvalue weighted by atomic mass is 16.3. The highest BCUT2D eigenvalue weighted by Crippen LogP contribution is 2.09. The van der Waals surface area contributed by atoms with Crippen LogP contribution < -0.4 is 5.32 Å². The predicted octanol–water partition coefficient (Wildman–Crippen LogP) is 2.68. The fraction of sp³-hybridized carbons (Fsp3) is 0.625. The number of furan rings is 1. The molecule has 118 valence electrons. The fourth-order valence-corrected chi connectivity index (χ4v) is 1.85. The van der Waals surface area contributed by atoms with Gasteiger partial charge in [0.05, 0.1) is 12.8 Å². The lowest BCUT2D eigenvalue weighted by Crippen LogP contribution is -2.47. The van der Waals surface area contributed by atoms with Crippen molar-refractivity contribution in [3.05, 3.63) is 24.2 Å². The van der Waals surface area contributed by atoms with Crippen molar-refractivity contribution in [2.75, 3.05) is 13.1 Å². The minimum atomic E-state index is -0.311. The Morgan fingerprint density at radius 3 is 2.48 bits per heavy atom. The van der Waals surface area contributed by atoms with Gasteiger partial charge in [-0.1, -0.05) is 13.8 Å². The van der Waals surface area contributed by atoms with E-state index in [1.807, 2.05) is 20.8 Å². The van der Waals surface area contributed by atoms with E-state index in [2.05, 4.69) is 19.2 Å². The predicted molar refractivity (Wildman–Crippen MR) is 82.0 cm³/mol. The van der Waals surface area contributed by atoms with E-state index in [0.29, 0.717) is 12.5 Å². The molecule has 0 aliphatic carbocycles. The van der Waals surface area contributed by atoms with Crippen LogP contribution >= 0.6 is 0 Å². The number of nitrogens with zero attached hydrogens (tertiary/aromatic N) is 1. The molecule has 0 aromatic carbocycles. The normalized spacial score (nSPS) is 11.5. The van der Waals surface area contributed by atoms with Crippen LogP contribution in [-0.2, 0) is 4.79 Å². The van der Waals surface area contributed by atoms with E-state index in [1.54, 1.807) is 17.0 Å². The molecule has 0 atom stereocenters. The third kappa shape index (κ3) is 6.47. The summed E-state index contributed by atoms with van der Waals surface area (Å²) in [5.74, 6) is 0.320. The van der Waals surface area contributed by atoms with E-state index in [1.165, 1.54) is 6.26 Å². The lowest BCUT2D eigenvalue weighted by Gasteiger charge is -2.25. The second-order valence-electron chi connectivity index (χ2n) is 6.68. The maximum atomic E-state index is 12.4. The number of hydrogen-bond donors (Lipinski definition) is 1. The zero-order valence-electron chi connectivity index (χ0n) is 13.6. The van der Waals surface area contributed by atoms with Crippen LogP contribution in [0.15, 0.2) is 22.8 Å². The van der Waals surface area contributed by atoms with Crippen LogP contribution in [-0.4, -0.2) is 35.3 Å². The molecule has 0 aliphatic heterocycles. The second-order valence-corrected chi connectivity index (χ2v) is 6.68. The average molecular weight is 294 g/mol. The van der Waals surface area contributed by atoms with Gasteiger partial charge in [0.25, 0.3) is 5.91 Å². The van der Waals surface area contributed by atoms with Crippen molar-refractivity contribution in [3.8, 4) is 0 Å². The maximum Gasteiger partial charge on any atom is 0.290 e. The zero-order chi connectivity index (χ0) is 16.0. The molecule has 1 aromatic heterocycles. The molecule has 2 amide bonds. The van der Waals surface area contributed by atoms with Crippen molar-refractivity contribution < 1.29 is 14.0 Å². The molecule has 0 radical (unpaired) electrons. The number of carbonyl (C=O) groups is 2. The minimum Gasteiger partial charge on any atom is -0.459 e. The van der Waals surface area contributed by atoms with Gasteiger partial charge in [0.2, 0.25) is 5.91 Å². The molecule has 0 bridgehead atoms. The van der Waals surface area contributed by atoms with Crippen LogP contribution in [0.1, 0.15) is 51.6 Å². The van der Waals surface area contributed by atoms with E-state index in [9.17, 15) is 9.59 Å². The molecule has 0 saturated carbocycles. The Hall–Kier alpha value is -1.78. The minimum absolute atomic E-state index is 0.0452. The molecule has 1 N–H and O–H groups in total. The van der Waals surface area contributed by atoms with Gasteiger partial charge >= 0.3 is 0 Å². The zero-order valence-corrected chi connectivity index (χ0v) is 13.6. The smallest absolute Gasteiger partial charge is 0.290 e. The van der Waals surface area contributed by atoms with Crippen molar-refractivity contribution in [1.29, 1.82) is 0 Å². The summed E-state index contributed by atoms with van der Waals surface area (Å²) in [6.45, 7) is 10.5. The second kappa shape index (κ2) is 7.29. The van der Waals surface area contributed by atoms with Crippen LogP contribution in [0.25, 0.3) is 0 Å². The molecule has 5 nitrogen and oxygen atoms in total. The van der Waals surface area contributed by atoms with Gasteiger partial charge < -0.3 is 14.6 Å². The first kappa shape index (κ1) is 17.3. The fourth-order valence-electron chi connectivity index (χ4n) is 1.85. The maximum absolute atomic E-state index is 12.4. The monoisotopic (exact) mass is 294 g/mol. The Kier molecular flexibility index (Phi) is 6.00. The third-order valence-electron chi connectivity index (χ3n) is 2.84. The lowest BCUT2D eigenvalue weighted by molar-refractivity contribution is -0.123. The molecule has 0 saturated heterocycles. The van der Waals surface area contributed by atoms with E-state index >= 15 is 0 Å². The molecule has 5 heteroatoms. The van der Waals surface area contributed by atoms with Crippen molar-refractivity contribution in [2.45, 2.75) is 46.6 Å². The Labute approximate surface area is 126 Å². The summed E-state index contributed by atoms with van der Waals surface area (Å²) < 4.78 is 5.14. The first-order valence-electron chi connectivity index (χ1n) is 7.33. The van der Waals surface area contributed by atoms with Gasteiger partial charge in [-0.05, 0) is 45.2 Å². The topological polar surface area (TPSA) is 62.6 Å². The van der Waals surface area contributed by atoms with Gasteiger partial charge in [-0.15, -0.1) is 0 Å². The van der Waals surface area contributed by atoms with Crippen molar-refractivity contribution in [1.82, 2.24) is 10.2 Å². The van der Waals surface area contributed by atoms with E-state index in [4.69, 9.17) is 4.42 Å². The molecule has 0 unspecified atom stereocenters. The van der Waals surface area contributed by atoms with Crippen molar-refractivity contribution >= 4 is 11.8 Å². The van der Waals surface area contributed by atoms with Gasteiger partial charge in [0.15, 0.2) is 5.76 Å². The summed E-state index contributed by atoms with van der Waals surface area (Å²) in [5, 5.41) is 2.87. The van der Waals surface area contributed by atoms with Gasteiger partial charge in [0.1, 0.15) is 0 Å². The van der Waals surface area contributed by atoms with Crippen LogP contribution in [0.2, 0.25) is 0 Å². The van der Waals surface area contributed by atoms with E-state index < -0.39 is 0 Å². The average Bonchev–Trinajstić information content (AvgIpc) is 2.84. The third-order valence-corrected chi connectivity index (χ3v) is 2.84. The van der Waals surface area contributed by atoms with Crippen LogP contribution in [0.3, 0.4) is 0 Å². The molecule has 1 heterocycles. The summed E-state index contributed by atoms with van der Waals surface area (Å²) in [5.41, 5.74) is -0.311. The van der Waals surface area contributed by atoms with Crippen LogP contribution in [0.4, 0.5) is 0 Å². The van der Waals surface area contributed by atoms with Gasteiger partial charge in [-0.3, -0.25) is 9.59 Å². The Bertz CT molecular complexity index is 458. The summed E-state index contributed by atoms with van der Waals surface area (Å²) in [6.07, 6.45) is 2.30. The quantitative estimate of drug-likeness (QED) is 0.877. The molecule has 1 aromatic rings. The first-order chi connectivity index (χ1) is 9.69. The number of carbonyl (C=O) groups excluding carboxylic acids is 2. The number of hydrogen-bond acceptors (Lipinski definition) is 3. The standard InChI is InChI=1S/C16H26N2O3/c1-12(2)8-9-18(11-14(19)17-16(3,4)5)15(20)13-7-6-10-21-13/h6-7,10,12H,8-9,11H2,1-5H3,(H,17,19). The van der Waals surface area contributed by atoms with Gasteiger partial charge in [-0.2, -0.15) is 0 Å². The number of amides is 2. The molecule has 1 rings (SSSR count). The summed E-state index contributed by atoms with van der Waals surface area (Å²) in [6, 6.07) is 3.29. The Balaban J connectivity index is 2.73. The molecular formula is C16H26N2O3. The molecular weight excluding hydrogens is 268 g/mol. The SMILES string of the molecule is CC(C)CCN(CC(=O)NC(C)(C)C)C(=O)c1ccco1. The largest absolute Gasteiger partial charge is 0.459 e. The Morgan fingerprint density at radius 1 is 1.33 bits per heavy atom. The van der Waals surface area contributed by atoms with Crippen LogP contribution in [0, 0.1) is 5.92 Å². The van der Waals surface area contributed by atoms with Crippen molar-refractivity contribution in [3.63, 3.8) is 0 Å².